The van der Waals surface area contributed by atoms with Crippen LogP contribution in [0.3, 0.4) is 0 Å². The van der Waals surface area contributed by atoms with Gasteiger partial charge in [-0.25, -0.2) is 9.78 Å². The molecule has 3 N–H and O–H groups in total. The van der Waals surface area contributed by atoms with Crippen molar-refractivity contribution in [2.75, 3.05) is 6.61 Å². The van der Waals surface area contributed by atoms with Gasteiger partial charge in [0.05, 0.1) is 0 Å². The van der Waals surface area contributed by atoms with E-state index < -0.39 is 23.9 Å². The molecule has 0 radical (unpaired) electrons. The number of hydrogen-bond acceptors (Lipinski definition) is 4. The minimum Gasteiger partial charge on any atom is -0.480 e. The molecule has 1 amide bonds. The number of amides is 1. The number of nitrogens with zero attached hydrogens (tertiary/aromatic N) is 1. The van der Waals surface area contributed by atoms with Crippen molar-refractivity contribution >= 4 is 11.9 Å². The molecule has 1 aromatic rings. The van der Waals surface area contributed by atoms with Crippen LogP contribution >= 0.6 is 0 Å². The van der Waals surface area contributed by atoms with Gasteiger partial charge in [0.25, 0.3) is 5.91 Å². The van der Waals surface area contributed by atoms with Gasteiger partial charge in [0.2, 0.25) is 5.95 Å². The highest BCUT2D eigenvalue weighted by Crippen LogP contribution is 2.00. The van der Waals surface area contributed by atoms with Crippen molar-refractivity contribution in [2.45, 2.75) is 12.5 Å². The second-order valence-electron chi connectivity index (χ2n) is 3.22. The molecule has 6 nitrogen and oxygen atoms in total. The van der Waals surface area contributed by atoms with Crippen molar-refractivity contribution in [2.24, 2.45) is 0 Å². The van der Waals surface area contributed by atoms with Crippen LogP contribution in [0.15, 0.2) is 18.2 Å². The first-order chi connectivity index (χ1) is 8.04. The van der Waals surface area contributed by atoms with Crippen molar-refractivity contribution in [1.82, 2.24) is 10.3 Å². The Morgan fingerprint density at radius 3 is 2.71 bits per heavy atom. The molecule has 0 saturated heterocycles. The summed E-state index contributed by atoms with van der Waals surface area (Å²) in [6.07, 6.45) is -0.129. The quantitative estimate of drug-likeness (QED) is 0.620. The molecule has 0 unspecified atom stereocenters. The fourth-order valence-electron chi connectivity index (χ4n) is 1.15. The van der Waals surface area contributed by atoms with Crippen LogP contribution in [0.2, 0.25) is 0 Å². The summed E-state index contributed by atoms with van der Waals surface area (Å²) in [4.78, 5) is 25.5. The molecule has 0 aromatic carbocycles. The van der Waals surface area contributed by atoms with Gasteiger partial charge in [-0.1, -0.05) is 6.07 Å². The van der Waals surface area contributed by atoms with E-state index in [1.54, 1.807) is 0 Å². The molecule has 1 heterocycles. The summed E-state index contributed by atoms with van der Waals surface area (Å²) in [7, 11) is 0. The number of pyridine rings is 1. The SMILES string of the molecule is O=C(N[C@@H](CCO)C(=O)O)c1cccc(F)n1. The maximum absolute atomic E-state index is 12.7. The smallest absolute Gasteiger partial charge is 0.326 e. The van der Waals surface area contributed by atoms with E-state index in [1.807, 2.05) is 0 Å². The number of aliphatic hydroxyl groups excluding tert-OH is 1. The van der Waals surface area contributed by atoms with Crippen LogP contribution in [0.4, 0.5) is 4.39 Å². The van der Waals surface area contributed by atoms with Gasteiger partial charge in [-0.3, -0.25) is 4.79 Å². The zero-order chi connectivity index (χ0) is 12.8. The first kappa shape index (κ1) is 13.0. The lowest BCUT2D eigenvalue weighted by Gasteiger charge is -2.12. The maximum Gasteiger partial charge on any atom is 0.326 e. The lowest BCUT2D eigenvalue weighted by atomic mass is 10.2. The van der Waals surface area contributed by atoms with Gasteiger partial charge < -0.3 is 15.5 Å². The van der Waals surface area contributed by atoms with Crippen molar-refractivity contribution in [3.63, 3.8) is 0 Å². The number of carbonyl (C=O) groups is 2. The predicted molar refractivity (Wildman–Crippen MR) is 54.8 cm³/mol. The molecule has 1 atom stereocenters. The number of nitrogens with one attached hydrogen (secondary N) is 1. The van der Waals surface area contributed by atoms with Crippen LogP contribution in [0.1, 0.15) is 16.9 Å². The molecule has 0 aliphatic rings. The predicted octanol–water partition coefficient (Wildman–Crippen LogP) is -0.214. The second-order valence-corrected chi connectivity index (χ2v) is 3.22. The van der Waals surface area contributed by atoms with Gasteiger partial charge in [0, 0.05) is 13.0 Å². The summed E-state index contributed by atoms with van der Waals surface area (Å²) in [5, 5.41) is 19.5. The monoisotopic (exact) mass is 242 g/mol. The molecule has 0 bridgehead atoms. The Balaban J connectivity index is 2.73. The Hall–Kier alpha value is -2.02. The van der Waals surface area contributed by atoms with Gasteiger partial charge in [-0.2, -0.15) is 4.39 Å². The standard InChI is InChI=1S/C10H11FN2O4/c11-8-3-1-2-6(12-8)9(15)13-7(4-5-14)10(16)17/h1-3,7,14H,4-5H2,(H,13,15)(H,16,17)/t7-/m0/s1. The minimum absolute atomic E-state index is 0.129. The van der Waals surface area contributed by atoms with Crippen LogP contribution < -0.4 is 5.32 Å². The Morgan fingerprint density at radius 2 is 2.18 bits per heavy atom. The van der Waals surface area contributed by atoms with Crippen molar-refractivity contribution in [3.8, 4) is 0 Å². The van der Waals surface area contributed by atoms with Crippen LogP contribution in [-0.2, 0) is 4.79 Å². The van der Waals surface area contributed by atoms with Gasteiger partial charge >= 0.3 is 5.97 Å². The number of carboxylic acids is 1. The summed E-state index contributed by atoms with van der Waals surface area (Å²) < 4.78 is 12.7. The number of rotatable bonds is 5. The first-order valence-electron chi connectivity index (χ1n) is 4.81. The zero-order valence-corrected chi connectivity index (χ0v) is 8.76. The molecular weight excluding hydrogens is 231 g/mol. The summed E-state index contributed by atoms with van der Waals surface area (Å²) in [6, 6.07) is 2.40. The molecule has 0 fully saturated rings. The molecule has 0 aliphatic carbocycles. The number of hydrogen-bond donors (Lipinski definition) is 3. The van der Waals surface area contributed by atoms with Gasteiger partial charge in [-0.15, -0.1) is 0 Å². The second kappa shape index (κ2) is 5.90. The third-order valence-electron chi connectivity index (χ3n) is 1.97. The van der Waals surface area contributed by atoms with Crippen molar-refractivity contribution < 1.29 is 24.2 Å². The fourth-order valence-corrected chi connectivity index (χ4v) is 1.15. The van der Waals surface area contributed by atoms with Gasteiger partial charge in [-0.05, 0) is 12.1 Å². The Morgan fingerprint density at radius 1 is 1.47 bits per heavy atom. The number of aromatic nitrogens is 1. The lowest BCUT2D eigenvalue weighted by molar-refractivity contribution is -0.139. The van der Waals surface area contributed by atoms with E-state index in [0.29, 0.717) is 0 Å². The zero-order valence-electron chi connectivity index (χ0n) is 8.76. The molecule has 0 saturated carbocycles. The van der Waals surface area contributed by atoms with Gasteiger partial charge in [0.1, 0.15) is 11.7 Å². The average molecular weight is 242 g/mol. The summed E-state index contributed by atoms with van der Waals surface area (Å²) in [5.41, 5.74) is -0.214. The number of halogens is 1. The Bertz CT molecular complexity index is 425. The molecule has 1 rings (SSSR count). The summed E-state index contributed by atoms with van der Waals surface area (Å²) >= 11 is 0. The molecule has 1 aromatic heterocycles. The highest BCUT2D eigenvalue weighted by Gasteiger charge is 2.20. The van der Waals surface area contributed by atoms with Crippen LogP contribution in [0.25, 0.3) is 0 Å². The normalized spacial score (nSPS) is 11.9. The van der Waals surface area contributed by atoms with E-state index in [0.717, 1.165) is 6.07 Å². The van der Waals surface area contributed by atoms with Crippen LogP contribution in [0, 0.1) is 5.95 Å². The van der Waals surface area contributed by atoms with Crippen LogP contribution in [-0.4, -0.2) is 39.7 Å². The Labute approximate surface area is 96.1 Å². The summed E-state index contributed by atoms with van der Waals surface area (Å²) in [6.45, 7) is -0.381. The number of aliphatic hydroxyl groups is 1. The maximum atomic E-state index is 12.7. The largest absolute Gasteiger partial charge is 0.480 e. The van der Waals surface area contributed by atoms with E-state index in [4.69, 9.17) is 10.2 Å². The molecule has 17 heavy (non-hydrogen) atoms. The first-order valence-corrected chi connectivity index (χ1v) is 4.81. The van der Waals surface area contributed by atoms with E-state index in [-0.39, 0.29) is 18.7 Å². The van der Waals surface area contributed by atoms with Crippen molar-refractivity contribution in [3.05, 3.63) is 29.8 Å². The molecule has 7 heteroatoms. The highest BCUT2D eigenvalue weighted by atomic mass is 19.1. The molecule has 0 spiro atoms. The topological polar surface area (TPSA) is 99.5 Å². The third-order valence-corrected chi connectivity index (χ3v) is 1.97. The fraction of sp³-hybridized carbons (Fsp3) is 0.300. The number of carbonyl (C=O) groups excluding carboxylic acids is 1. The van der Waals surface area contributed by atoms with Crippen LogP contribution in [0.5, 0.6) is 0 Å². The number of aliphatic carboxylic acids is 1. The minimum atomic E-state index is -1.27. The lowest BCUT2D eigenvalue weighted by Crippen LogP contribution is -2.41. The van der Waals surface area contributed by atoms with E-state index in [1.165, 1.54) is 12.1 Å². The Kier molecular flexibility index (Phi) is 4.53. The van der Waals surface area contributed by atoms with Crippen molar-refractivity contribution in [1.29, 1.82) is 0 Å². The highest BCUT2D eigenvalue weighted by molar-refractivity contribution is 5.94. The van der Waals surface area contributed by atoms with E-state index in [9.17, 15) is 14.0 Å². The summed E-state index contributed by atoms with van der Waals surface area (Å²) in [5.74, 6) is -2.90. The number of carboxylic acid groups (broad SMARTS) is 1. The van der Waals surface area contributed by atoms with E-state index in [2.05, 4.69) is 10.3 Å². The average Bonchev–Trinajstić information content (AvgIpc) is 2.28. The van der Waals surface area contributed by atoms with Gasteiger partial charge in [0.15, 0.2) is 0 Å². The molecular formula is C10H11FN2O4. The van der Waals surface area contributed by atoms with E-state index >= 15 is 0 Å². The molecule has 0 aliphatic heterocycles. The third kappa shape index (κ3) is 3.80. The molecule has 92 valence electrons.